The Morgan fingerprint density at radius 1 is 1.58 bits per heavy atom. The van der Waals surface area contributed by atoms with Crippen molar-refractivity contribution in [3.8, 4) is 0 Å². The quantitative estimate of drug-likeness (QED) is 0.588. The van der Waals surface area contributed by atoms with Gasteiger partial charge in [0.05, 0.1) is 12.7 Å². The van der Waals surface area contributed by atoms with E-state index in [-0.39, 0.29) is 17.6 Å². The average Bonchev–Trinajstić information content (AvgIpc) is 3.05. The number of nitrogens with two attached hydrogens (primary N) is 1. The molecule has 1 fully saturated rings. The van der Waals surface area contributed by atoms with Crippen LogP contribution in [0.2, 0.25) is 0 Å². The number of nitrogens with one attached hydrogen (secondary N) is 2. The van der Waals surface area contributed by atoms with Gasteiger partial charge in [-0.25, -0.2) is 0 Å². The molecule has 1 aliphatic carbocycles. The van der Waals surface area contributed by atoms with Crippen molar-refractivity contribution in [1.29, 1.82) is 0 Å². The van der Waals surface area contributed by atoms with E-state index >= 15 is 0 Å². The second-order valence-electron chi connectivity index (χ2n) is 4.63. The van der Waals surface area contributed by atoms with Crippen molar-refractivity contribution in [2.45, 2.75) is 38.4 Å². The molecular formula is C11H18N6O2. The standard InChI is InChI=1S/C11H18N6O2/c1-7(10(18)14-8-2-3-8)13-11(19)9-6-17(5-4-12)16-15-9/h6-8H,2-5,12H2,1H3,(H,13,19)(H,14,18). The Labute approximate surface area is 110 Å². The fraction of sp³-hybridized carbons (Fsp3) is 0.636. The summed E-state index contributed by atoms with van der Waals surface area (Å²) in [5.74, 6) is -0.591. The summed E-state index contributed by atoms with van der Waals surface area (Å²) in [4.78, 5) is 23.5. The summed E-state index contributed by atoms with van der Waals surface area (Å²) in [5.41, 5.74) is 5.56. The van der Waals surface area contributed by atoms with Gasteiger partial charge < -0.3 is 16.4 Å². The number of carbonyl (C=O) groups excluding carboxylic acids is 2. The first-order valence-corrected chi connectivity index (χ1v) is 6.31. The smallest absolute Gasteiger partial charge is 0.274 e. The molecule has 104 valence electrons. The Kier molecular flexibility index (Phi) is 4.10. The van der Waals surface area contributed by atoms with Crippen LogP contribution in [-0.4, -0.2) is 45.4 Å². The number of rotatable bonds is 6. The third kappa shape index (κ3) is 3.75. The summed E-state index contributed by atoms with van der Waals surface area (Å²) in [5, 5.41) is 12.9. The minimum Gasteiger partial charge on any atom is -0.352 e. The first kappa shape index (κ1) is 13.5. The molecule has 0 bridgehead atoms. The number of nitrogens with zero attached hydrogens (tertiary/aromatic N) is 3. The Bertz CT molecular complexity index is 468. The molecule has 19 heavy (non-hydrogen) atoms. The highest BCUT2D eigenvalue weighted by Crippen LogP contribution is 2.18. The van der Waals surface area contributed by atoms with E-state index in [1.165, 1.54) is 10.9 Å². The first-order chi connectivity index (χ1) is 9.10. The lowest BCUT2D eigenvalue weighted by Gasteiger charge is -2.12. The van der Waals surface area contributed by atoms with E-state index in [9.17, 15) is 9.59 Å². The van der Waals surface area contributed by atoms with Crippen LogP contribution in [0.5, 0.6) is 0 Å². The molecule has 2 amide bonds. The van der Waals surface area contributed by atoms with E-state index in [0.29, 0.717) is 13.1 Å². The SMILES string of the molecule is CC(NC(=O)c1cn(CCN)nn1)C(=O)NC1CC1. The predicted molar refractivity (Wildman–Crippen MR) is 67.2 cm³/mol. The highest BCUT2D eigenvalue weighted by molar-refractivity contribution is 5.95. The Morgan fingerprint density at radius 3 is 2.95 bits per heavy atom. The second kappa shape index (κ2) is 5.79. The molecule has 0 aromatic carbocycles. The van der Waals surface area contributed by atoms with E-state index in [2.05, 4.69) is 20.9 Å². The van der Waals surface area contributed by atoms with E-state index < -0.39 is 11.9 Å². The van der Waals surface area contributed by atoms with Gasteiger partial charge in [0.15, 0.2) is 5.69 Å². The Hall–Kier alpha value is -1.96. The molecule has 8 nitrogen and oxygen atoms in total. The van der Waals surface area contributed by atoms with E-state index in [1.54, 1.807) is 6.92 Å². The maximum absolute atomic E-state index is 11.8. The summed E-state index contributed by atoms with van der Waals surface area (Å²) in [7, 11) is 0. The van der Waals surface area contributed by atoms with Crippen molar-refractivity contribution in [3.05, 3.63) is 11.9 Å². The average molecular weight is 266 g/mol. The summed E-state index contributed by atoms with van der Waals surface area (Å²) >= 11 is 0. The van der Waals surface area contributed by atoms with Gasteiger partial charge >= 0.3 is 0 Å². The maximum atomic E-state index is 11.8. The number of hydrogen-bond donors (Lipinski definition) is 3. The molecule has 1 saturated carbocycles. The molecule has 0 radical (unpaired) electrons. The zero-order valence-electron chi connectivity index (χ0n) is 10.8. The monoisotopic (exact) mass is 266 g/mol. The van der Waals surface area contributed by atoms with Crippen LogP contribution in [0.15, 0.2) is 6.20 Å². The molecule has 1 aliphatic rings. The summed E-state index contributed by atoms with van der Waals surface area (Å²) in [6.45, 7) is 2.56. The van der Waals surface area contributed by atoms with Crippen molar-refractivity contribution in [2.75, 3.05) is 6.54 Å². The fourth-order valence-electron chi connectivity index (χ4n) is 1.53. The van der Waals surface area contributed by atoms with Crippen molar-refractivity contribution in [3.63, 3.8) is 0 Å². The van der Waals surface area contributed by atoms with E-state index in [1.807, 2.05) is 0 Å². The molecule has 1 aromatic heterocycles. The van der Waals surface area contributed by atoms with E-state index in [4.69, 9.17) is 5.73 Å². The summed E-state index contributed by atoms with van der Waals surface area (Å²) < 4.78 is 1.49. The number of aromatic nitrogens is 3. The van der Waals surface area contributed by atoms with Gasteiger partial charge in [0.25, 0.3) is 5.91 Å². The van der Waals surface area contributed by atoms with Crippen LogP contribution >= 0.6 is 0 Å². The van der Waals surface area contributed by atoms with Gasteiger partial charge in [-0.1, -0.05) is 5.21 Å². The van der Waals surface area contributed by atoms with Crippen LogP contribution in [-0.2, 0) is 11.3 Å². The molecule has 8 heteroatoms. The predicted octanol–water partition coefficient (Wildman–Crippen LogP) is -1.37. The highest BCUT2D eigenvalue weighted by atomic mass is 16.2. The van der Waals surface area contributed by atoms with Crippen molar-refractivity contribution in [2.24, 2.45) is 5.73 Å². The topological polar surface area (TPSA) is 115 Å². The normalized spacial score (nSPS) is 15.9. The minimum absolute atomic E-state index is 0.176. The third-order valence-electron chi connectivity index (χ3n) is 2.79. The molecule has 4 N–H and O–H groups in total. The molecule has 1 heterocycles. The number of amides is 2. The lowest BCUT2D eigenvalue weighted by Crippen LogP contribution is -2.45. The molecule has 0 aliphatic heterocycles. The van der Waals surface area contributed by atoms with Gasteiger partial charge in [-0.2, -0.15) is 0 Å². The van der Waals surface area contributed by atoms with Crippen LogP contribution in [0, 0.1) is 0 Å². The summed E-state index contributed by atoms with van der Waals surface area (Å²) in [6.07, 6.45) is 3.54. The Balaban J connectivity index is 1.86. The third-order valence-corrected chi connectivity index (χ3v) is 2.79. The molecule has 1 unspecified atom stereocenters. The molecule has 0 spiro atoms. The second-order valence-corrected chi connectivity index (χ2v) is 4.63. The zero-order valence-corrected chi connectivity index (χ0v) is 10.8. The van der Waals surface area contributed by atoms with Gasteiger partial charge in [-0.15, -0.1) is 5.10 Å². The summed E-state index contributed by atoms with van der Waals surface area (Å²) in [6, 6.07) is -0.315. The van der Waals surface area contributed by atoms with E-state index in [0.717, 1.165) is 12.8 Å². The van der Waals surface area contributed by atoms with Gasteiger partial charge in [0, 0.05) is 12.6 Å². The largest absolute Gasteiger partial charge is 0.352 e. The van der Waals surface area contributed by atoms with Crippen LogP contribution < -0.4 is 16.4 Å². The van der Waals surface area contributed by atoms with Crippen LogP contribution in [0.3, 0.4) is 0 Å². The first-order valence-electron chi connectivity index (χ1n) is 6.31. The molecule has 0 saturated heterocycles. The zero-order chi connectivity index (χ0) is 13.8. The van der Waals surface area contributed by atoms with Gasteiger partial charge in [-0.3, -0.25) is 14.3 Å². The number of carbonyl (C=O) groups is 2. The minimum atomic E-state index is -0.590. The van der Waals surface area contributed by atoms with Crippen LogP contribution in [0.4, 0.5) is 0 Å². The molecule has 1 aromatic rings. The number of hydrogen-bond acceptors (Lipinski definition) is 5. The molecule has 1 atom stereocenters. The lowest BCUT2D eigenvalue weighted by molar-refractivity contribution is -0.122. The van der Waals surface area contributed by atoms with Crippen molar-refractivity contribution >= 4 is 11.8 Å². The van der Waals surface area contributed by atoms with Gasteiger partial charge in [-0.05, 0) is 19.8 Å². The highest BCUT2D eigenvalue weighted by Gasteiger charge is 2.26. The lowest BCUT2D eigenvalue weighted by atomic mass is 10.3. The fourth-order valence-corrected chi connectivity index (χ4v) is 1.53. The molecule has 2 rings (SSSR count). The van der Waals surface area contributed by atoms with Gasteiger partial charge in [0.1, 0.15) is 6.04 Å². The maximum Gasteiger partial charge on any atom is 0.274 e. The van der Waals surface area contributed by atoms with Crippen molar-refractivity contribution in [1.82, 2.24) is 25.6 Å². The Morgan fingerprint density at radius 2 is 2.32 bits per heavy atom. The van der Waals surface area contributed by atoms with Gasteiger partial charge in [0.2, 0.25) is 5.91 Å². The van der Waals surface area contributed by atoms with Crippen molar-refractivity contribution < 1.29 is 9.59 Å². The van der Waals surface area contributed by atoms with Crippen LogP contribution in [0.1, 0.15) is 30.3 Å². The molecular weight excluding hydrogens is 248 g/mol. The van der Waals surface area contributed by atoms with Crippen LogP contribution in [0.25, 0.3) is 0 Å².